The van der Waals surface area contributed by atoms with Gasteiger partial charge in [0.2, 0.25) is 0 Å². The average molecular weight is 332 g/mol. The lowest BCUT2D eigenvalue weighted by Gasteiger charge is -2.35. The van der Waals surface area contributed by atoms with E-state index in [-0.39, 0.29) is 16.8 Å². The van der Waals surface area contributed by atoms with Gasteiger partial charge in [0.1, 0.15) is 9.90 Å². The molecule has 118 valence electrons. The van der Waals surface area contributed by atoms with Crippen LogP contribution in [0.1, 0.15) is 12.8 Å². The molecule has 2 fully saturated rings. The Kier molecular flexibility index (Phi) is 4.08. The van der Waals surface area contributed by atoms with Crippen LogP contribution in [0.15, 0.2) is 4.90 Å². The van der Waals surface area contributed by atoms with E-state index < -0.39 is 9.84 Å². The number of nitrogen functional groups attached to an aromatic ring is 1. The maximum Gasteiger partial charge on any atom is 0.182 e. The lowest BCUT2D eigenvalue weighted by molar-refractivity contribution is -0.0415. The van der Waals surface area contributed by atoms with Gasteiger partial charge in [0.25, 0.3) is 0 Å². The van der Waals surface area contributed by atoms with Crippen LogP contribution in [0.25, 0.3) is 0 Å². The third-order valence-electron chi connectivity index (χ3n) is 4.00. The number of nitrogens with one attached hydrogen (secondary N) is 1. The van der Waals surface area contributed by atoms with E-state index in [9.17, 15) is 8.42 Å². The van der Waals surface area contributed by atoms with E-state index >= 15 is 0 Å². The standard InChI is InChI=1S/C12H20N4O3S2/c1-21(17,18)10-11(13)15-20-12(10)14-5-9-6-16-4-2-3-8(16)7-19-9/h8-9,14H,2-7H2,1H3,(H2,13,15). The van der Waals surface area contributed by atoms with E-state index in [4.69, 9.17) is 10.5 Å². The van der Waals surface area contributed by atoms with E-state index in [2.05, 4.69) is 14.6 Å². The van der Waals surface area contributed by atoms with Crippen LogP contribution < -0.4 is 11.1 Å². The van der Waals surface area contributed by atoms with Crippen LogP contribution in [0.2, 0.25) is 0 Å². The van der Waals surface area contributed by atoms with E-state index in [1.807, 2.05) is 0 Å². The number of fused-ring (bicyclic) bond motifs is 1. The second-order valence-corrected chi connectivity index (χ2v) is 8.35. The van der Waals surface area contributed by atoms with Gasteiger partial charge >= 0.3 is 0 Å². The van der Waals surface area contributed by atoms with Gasteiger partial charge in [-0.25, -0.2) is 8.42 Å². The van der Waals surface area contributed by atoms with Gasteiger partial charge in [-0.2, -0.15) is 4.37 Å². The maximum atomic E-state index is 11.7. The zero-order chi connectivity index (χ0) is 15.0. The lowest BCUT2D eigenvalue weighted by Crippen LogP contribution is -2.48. The highest BCUT2D eigenvalue weighted by atomic mass is 32.2. The van der Waals surface area contributed by atoms with E-state index in [0.29, 0.717) is 17.6 Å². The second-order valence-electron chi connectivity index (χ2n) is 5.63. The largest absolute Gasteiger partial charge is 0.382 e. The third kappa shape index (κ3) is 3.15. The number of ether oxygens (including phenoxy) is 1. The minimum atomic E-state index is -3.38. The van der Waals surface area contributed by atoms with Crippen LogP contribution in [0.4, 0.5) is 10.8 Å². The second kappa shape index (κ2) is 5.71. The fourth-order valence-electron chi connectivity index (χ4n) is 2.98. The van der Waals surface area contributed by atoms with Crippen molar-refractivity contribution < 1.29 is 13.2 Å². The fraction of sp³-hybridized carbons (Fsp3) is 0.750. The topological polar surface area (TPSA) is 97.5 Å². The van der Waals surface area contributed by atoms with Crippen molar-refractivity contribution in [3.8, 4) is 0 Å². The first kappa shape index (κ1) is 15.0. The summed E-state index contributed by atoms with van der Waals surface area (Å²) in [6, 6.07) is 0.562. The van der Waals surface area contributed by atoms with Crippen molar-refractivity contribution in [1.82, 2.24) is 9.27 Å². The summed E-state index contributed by atoms with van der Waals surface area (Å²) in [4.78, 5) is 2.55. The van der Waals surface area contributed by atoms with Gasteiger partial charge in [-0.15, -0.1) is 0 Å². The minimum Gasteiger partial charge on any atom is -0.382 e. The van der Waals surface area contributed by atoms with Crippen molar-refractivity contribution in [1.29, 1.82) is 0 Å². The zero-order valence-corrected chi connectivity index (χ0v) is 13.5. The number of nitrogens with two attached hydrogens (primary N) is 1. The predicted octanol–water partition coefficient (Wildman–Crippen LogP) is 0.404. The zero-order valence-electron chi connectivity index (χ0n) is 11.9. The molecule has 1 aromatic rings. The van der Waals surface area contributed by atoms with Crippen molar-refractivity contribution in [3.63, 3.8) is 0 Å². The van der Waals surface area contributed by atoms with Crippen molar-refractivity contribution >= 4 is 32.2 Å². The molecule has 0 amide bonds. The highest BCUT2D eigenvalue weighted by Crippen LogP contribution is 2.31. The van der Waals surface area contributed by atoms with Gasteiger partial charge in [-0.05, 0) is 30.9 Å². The molecular weight excluding hydrogens is 312 g/mol. The molecule has 21 heavy (non-hydrogen) atoms. The average Bonchev–Trinajstić information content (AvgIpc) is 3.01. The fourth-order valence-corrected chi connectivity index (χ4v) is 5.06. The highest BCUT2D eigenvalue weighted by Gasteiger charge is 2.32. The molecule has 2 saturated heterocycles. The molecule has 3 heterocycles. The Hall–Kier alpha value is -0.900. The first-order valence-corrected chi connectivity index (χ1v) is 9.66. The molecule has 0 bridgehead atoms. The molecule has 2 aliphatic rings. The minimum absolute atomic E-state index is 0.0640. The van der Waals surface area contributed by atoms with Crippen LogP contribution in [0, 0.1) is 0 Å². The number of morpholine rings is 1. The van der Waals surface area contributed by atoms with Crippen LogP contribution in [-0.2, 0) is 14.6 Å². The molecule has 3 N–H and O–H groups in total. The molecule has 0 radical (unpaired) electrons. The molecule has 0 aromatic carbocycles. The monoisotopic (exact) mass is 332 g/mol. The number of hydrogen-bond donors (Lipinski definition) is 2. The summed E-state index contributed by atoms with van der Waals surface area (Å²) in [5, 5.41) is 3.64. The molecule has 7 nitrogen and oxygen atoms in total. The summed E-state index contributed by atoms with van der Waals surface area (Å²) in [5.41, 5.74) is 5.65. The smallest absolute Gasteiger partial charge is 0.182 e. The summed E-state index contributed by atoms with van der Waals surface area (Å²) in [7, 11) is -3.38. The number of sulfone groups is 1. The SMILES string of the molecule is CS(=O)(=O)c1c(N)nsc1NCC1CN2CCCC2CO1. The quantitative estimate of drug-likeness (QED) is 0.824. The third-order valence-corrected chi connectivity index (χ3v) is 6.10. The molecule has 2 aliphatic heterocycles. The van der Waals surface area contributed by atoms with Crippen LogP contribution in [0.3, 0.4) is 0 Å². The van der Waals surface area contributed by atoms with Gasteiger partial charge in [-0.3, -0.25) is 4.90 Å². The maximum absolute atomic E-state index is 11.7. The van der Waals surface area contributed by atoms with Gasteiger partial charge in [0.05, 0.1) is 12.7 Å². The van der Waals surface area contributed by atoms with Crippen molar-refractivity contribution in [2.24, 2.45) is 0 Å². The number of nitrogens with zero attached hydrogens (tertiary/aromatic N) is 2. The van der Waals surface area contributed by atoms with Crippen molar-refractivity contribution in [2.75, 3.05) is 43.5 Å². The molecule has 0 spiro atoms. The van der Waals surface area contributed by atoms with Gasteiger partial charge < -0.3 is 15.8 Å². The number of anilines is 2. The molecule has 2 atom stereocenters. The Morgan fingerprint density at radius 3 is 3.14 bits per heavy atom. The predicted molar refractivity (Wildman–Crippen MR) is 82.5 cm³/mol. The summed E-state index contributed by atoms with van der Waals surface area (Å²) in [5.74, 6) is 0.0640. The number of hydrogen-bond acceptors (Lipinski definition) is 8. The molecule has 0 aliphatic carbocycles. The van der Waals surface area contributed by atoms with E-state index in [0.717, 1.165) is 37.5 Å². The van der Waals surface area contributed by atoms with Crippen molar-refractivity contribution in [2.45, 2.75) is 29.9 Å². The Labute approximate surface area is 128 Å². The Morgan fingerprint density at radius 2 is 2.38 bits per heavy atom. The molecular formula is C12H20N4O3S2. The highest BCUT2D eigenvalue weighted by molar-refractivity contribution is 7.91. The Balaban J connectivity index is 1.63. The number of aromatic nitrogens is 1. The molecule has 1 aromatic heterocycles. The molecule has 0 saturated carbocycles. The Bertz CT molecular complexity index is 616. The van der Waals surface area contributed by atoms with Gasteiger partial charge in [0.15, 0.2) is 15.7 Å². The first-order valence-electron chi connectivity index (χ1n) is 7.00. The summed E-state index contributed by atoms with van der Waals surface area (Å²) < 4.78 is 33.3. The van der Waals surface area contributed by atoms with Crippen molar-refractivity contribution in [3.05, 3.63) is 0 Å². The number of rotatable bonds is 4. The van der Waals surface area contributed by atoms with Crippen LogP contribution in [-0.4, -0.2) is 62.3 Å². The van der Waals surface area contributed by atoms with Crippen LogP contribution in [0.5, 0.6) is 0 Å². The van der Waals surface area contributed by atoms with Crippen LogP contribution >= 0.6 is 11.5 Å². The molecule has 3 rings (SSSR count). The van der Waals surface area contributed by atoms with Gasteiger partial charge in [0, 0.05) is 25.4 Å². The molecule has 9 heteroatoms. The Morgan fingerprint density at radius 1 is 1.57 bits per heavy atom. The van der Waals surface area contributed by atoms with Gasteiger partial charge in [-0.1, -0.05) is 0 Å². The first-order chi connectivity index (χ1) is 9.95. The van der Waals surface area contributed by atoms with E-state index in [1.54, 1.807) is 0 Å². The summed E-state index contributed by atoms with van der Waals surface area (Å²) in [6.45, 7) is 3.34. The normalized spacial score (nSPS) is 26.7. The summed E-state index contributed by atoms with van der Waals surface area (Å²) >= 11 is 1.08. The summed E-state index contributed by atoms with van der Waals surface area (Å²) in [6.07, 6.45) is 3.65. The lowest BCUT2D eigenvalue weighted by atomic mass is 10.2. The van der Waals surface area contributed by atoms with E-state index in [1.165, 1.54) is 12.8 Å². The molecule has 2 unspecified atom stereocenters.